The maximum absolute atomic E-state index is 10.8. The molecule has 0 amide bonds. The third kappa shape index (κ3) is 6.37. The Kier molecular flexibility index (Phi) is 8.26. The van der Waals surface area contributed by atoms with Gasteiger partial charge in [0.05, 0.1) is 0 Å². The summed E-state index contributed by atoms with van der Waals surface area (Å²) in [6.07, 6.45) is 3.70. The molecule has 0 atom stereocenters. The second-order valence-electron chi connectivity index (χ2n) is 4.11. The van der Waals surface area contributed by atoms with Gasteiger partial charge in [0, 0.05) is 31.5 Å². The number of carbonyl (C=O) groups excluding carboxylic acids is 1. The molecule has 0 aliphatic carbocycles. The number of hydrogen-bond acceptors (Lipinski definition) is 4. The molecular formula is C16H22O3S. The van der Waals surface area contributed by atoms with Crippen LogP contribution in [0, 0.1) is 0 Å². The van der Waals surface area contributed by atoms with Crippen LogP contribution in [0.1, 0.15) is 38.2 Å². The second kappa shape index (κ2) is 9.75. The zero-order valence-electron chi connectivity index (χ0n) is 12.3. The summed E-state index contributed by atoms with van der Waals surface area (Å²) in [7, 11) is 0. The van der Waals surface area contributed by atoms with E-state index in [-0.39, 0.29) is 11.4 Å². The predicted octanol–water partition coefficient (Wildman–Crippen LogP) is 4.05. The minimum atomic E-state index is -0.295. The maximum atomic E-state index is 10.8. The Bertz CT molecular complexity index is 420. The number of ether oxygens (including phenoxy) is 2. The van der Waals surface area contributed by atoms with E-state index in [1.54, 1.807) is 6.92 Å². The zero-order chi connectivity index (χ0) is 14.8. The molecular weight excluding hydrogens is 272 g/mol. The summed E-state index contributed by atoms with van der Waals surface area (Å²) in [6, 6.07) is 8.06. The lowest BCUT2D eigenvalue weighted by Gasteiger charge is -2.17. The second-order valence-corrected chi connectivity index (χ2v) is 5.31. The van der Waals surface area contributed by atoms with Crippen LogP contribution < -0.4 is 0 Å². The van der Waals surface area contributed by atoms with Gasteiger partial charge in [-0.3, -0.25) is 4.79 Å². The third-order valence-electron chi connectivity index (χ3n) is 2.54. The Morgan fingerprint density at radius 3 is 2.30 bits per heavy atom. The Hall–Kier alpha value is -1.10. The van der Waals surface area contributed by atoms with Crippen LogP contribution >= 0.6 is 11.8 Å². The first-order valence-electron chi connectivity index (χ1n) is 6.80. The van der Waals surface area contributed by atoms with Gasteiger partial charge in [0.2, 0.25) is 0 Å². The quantitative estimate of drug-likeness (QED) is 0.678. The molecule has 0 bridgehead atoms. The molecule has 0 fully saturated rings. The van der Waals surface area contributed by atoms with Gasteiger partial charge in [-0.15, -0.1) is 0 Å². The molecule has 0 unspecified atom stereocenters. The standard InChI is InChI=1S/C16H22O3S/c1-4-18-16(19-5-2)15-10-8-14(9-11-15)7-6-12-20-13(3)17/h6-11,16H,4-5,12H2,1-3H3. The van der Waals surface area contributed by atoms with Crippen molar-refractivity contribution in [2.45, 2.75) is 27.1 Å². The van der Waals surface area contributed by atoms with Crippen LogP contribution in [0.4, 0.5) is 0 Å². The van der Waals surface area contributed by atoms with E-state index < -0.39 is 0 Å². The van der Waals surface area contributed by atoms with Gasteiger partial charge in [-0.05, 0) is 19.4 Å². The van der Waals surface area contributed by atoms with Crippen LogP contribution in [-0.4, -0.2) is 24.1 Å². The lowest BCUT2D eigenvalue weighted by molar-refractivity contribution is -0.140. The topological polar surface area (TPSA) is 35.5 Å². The molecule has 0 aliphatic heterocycles. The molecule has 4 heteroatoms. The molecule has 0 saturated heterocycles. The maximum Gasteiger partial charge on any atom is 0.186 e. The summed E-state index contributed by atoms with van der Waals surface area (Å²) in [6.45, 7) is 6.73. The van der Waals surface area contributed by atoms with Crippen LogP contribution in [0.15, 0.2) is 30.3 Å². The van der Waals surface area contributed by atoms with Crippen molar-refractivity contribution in [3.05, 3.63) is 41.5 Å². The van der Waals surface area contributed by atoms with E-state index in [1.807, 2.05) is 50.3 Å². The van der Waals surface area contributed by atoms with Gasteiger partial charge in [-0.2, -0.15) is 0 Å². The third-order valence-corrected chi connectivity index (χ3v) is 3.30. The van der Waals surface area contributed by atoms with Gasteiger partial charge >= 0.3 is 0 Å². The first kappa shape index (κ1) is 17.0. The Balaban J connectivity index is 2.60. The fraction of sp³-hybridized carbons (Fsp3) is 0.438. The van der Waals surface area contributed by atoms with Crippen LogP contribution in [0.5, 0.6) is 0 Å². The highest BCUT2D eigenvalue weighted by Gasteiger charge is 2.10. The van der Waals surface area contributed by atoms with Crippen molar-refractivity contribution in [1.82, 2.24) is 0 Å². The zero-order valence-corrected chi connectivity index (χ0v) is 13.1. The molecule has 0 aliphatic rings. The molecule has 1 aromatic rings. The lowest BCUT2D eigenvalue weighted by atomic mass is 10.1. The number of thioether (sulfide) groups is 1. The monoisotopic (exact) mass is 294 g/mol. The summed E-state index contributed by atoms with van der Waals surface area (Å²) < 4.78 is 11.1. The van der Waals surface area contributed by atoms with E-state index in [0.717, 1.165) is 11.1 Å². The van der Waals surface area contributed by atoms with Crippen molar-refractivity contribution < 1.29 is 14.3 Å². The molecule has 1 rings (SSSR count). The molecule has 0 saturated carbocycles. The highest BCUT2D eigenvalue weighted by molar-refractivity contribution is 8.13. The fourth-order valence-electron chi connectivity index (χ4n) is 1.66. The van der Waals surface area contributed by atoms with Crippen LogP contribution in [-0.2, 0) is 14.3 Å². The highest BCUT2D eigenvalue weighted by atomic mass is 32.2. The molecule has 3 nitrogen and oxygen atoms in total. The Labute approximate surface area is 125 Å². The molecule has 0 spiro atoms. The molecule has 0 aromatic heterocycles. The number of benzene rings is 1. The van der Waals surface area contributed by atoms with Crippen LogP contribution in [0.3, 0.4) is 0 Å². The minimum Gasteiger partial charge on any atom is -0.349 e. The van der Waals surface area contributed by atoms with Crippen LogP contribution in [0.2, 0.25) is 0 Å². The van der Waals surface area contributed by atoms with E-state index in [2.05, 4.69) is 0 Å². The molecule has 0 N–H and O–H groups in total. The number of rotatable bonds is 8. The van der Waals surface area contributed by atoms with Crippen molar-refractivity contribution in [1.29, 1.82) is 0 Å². The summed E-state index contributed by atoms with van der Waals surface area (Å²) in [5.74, 6) is 0.706. The summed E-state index contributed by atoms with van der Waals surface area (Å²) in [5.41, 5.74) is 2.12. The summed E-state index contributed by atoms with van der Waals surface area (Å²) in [5, 5.41) is 0.140. The predicted molar refractivity (Wildman–Crippen MR) is 84.6 cm³/mol. The normalized spacial score (nSPS) is 11.4. The molecule has 110 valence electrons. The van der Waals surface area contributed by atoms with Gasteiger partial charge in [0.15, 0.2) is 11.4 Å². The van der Waals surface area contributed by atoms with E-state index in [4.69, 9.17) is 9.47 Å². The average Bonchev–Trinajstić information content (AvgIpc) is 2.44. The summed E-state index contributed by atoms with van der Waals surface area (Å²) in [4.78, 5) is 10.8. The first-order valence-corrected chi connectivity index (χ1v) is 7.79. The molecule has 0 radical (unpaired) electrons. The van der Waals surface area contributed by atoms with Gasteiger partial charge in [0.25, 0.3) is 0 Å². The SMILES string of the molecule is CCOC(OCC)c1ccc(C=CCSC(C)=O)cc1. The van der Waals surface area contributed by atoms with Crippen LogP contribution in [0.25, 0.3) is 6.08 Å². The highest BCUT2D eigenvalue weighted by Crippen LogP contribution is 2.20. The average molecular weight is 294 g/mol. The number of hydrogen-bond donors (Lipinski definition) is 0. The fourth-order valence-corrected chi connectivity index (χ4v) is 2.08. The van der Waals surface area contributed by atoms with Gasteiger partial charge < -0.3 is 9.47 Å². The van der Waals surface area contributed by atoms with E-state index >= 15 is 0 Å². The lowest BCUT2D eigenvalue weighted by Crippen LogP contribution is -2.08. The van der Waals surface area contributed by atoms with Gasteiger partial charge in [0.1, 0.15) is 0 Å². The smallest absolute Gasteiger partial charge is 0.186 e. The van der Waals surface area contributed by atoms with Gasteiger partial charge in [-0.25, -0.2) is 0 Å². The van der Waals surface area contributed by atoms with Gasteiger partial charge in [-0.1, -0.05) is 48.2 Å². The number of carbonyl (C=O) groups is 1. The van der Waals surface area contributed by atoms with E-state index in [9.17, 15) is 4.79 Å². The molecule has 0 heterocycles. The van der Waals surface area contributed by atoms with Crippen molar-refractivity contribution in [2.24, 2.45) is 0 Å². The minimum absolute atomic E-state index is 0.140. The largest absolute Gasteiger partial charge is 0.349 e. The van der Waals surface area contributed by atoms with Crippen molar-refractivity contribution >= 4 is 23.0 Å². The Morgan fingerprint density at radius 1 is 1.20 bits per heavy atom. The van der Waals surface area contributed by atoms with Crippen molar-refractivity contribution in [2.75, 3.05) is 19.0 Å². The van der Waals surface area contributed by atoms with E-state index in [0.29, 0.717) is 19.0 Å². The van der Waals surface area contributed by atoms with E-state index in [1.165, 1.54) is 11.8 Å². The van der Waals surface area contributed by atoms with Crippen molar-refractivity contribution in [3.8, 4) is 0 Å². The molecule has 1 aromatic carbocycles. The first-order chi connectivity index (χ1) is 9.67. The van der Waals surface area contributed by atoms with Crippen molar-refractivity contribution in [3.63, 3.8) is 0 Å². The molecule has 20 heavy (non-hydrogen) atoms. The summed E-state index contributed by atoms with van der Waals surface area (Å²) >= 11 is 1.31. The Morgan fingerprint density at radius 2 is 1.80 bits per heavy atom.